The Bertz CT molecular complexity index is 565. The molecular weight excluding hydrogens is 247 g/mol. The van der Waals surface area contributed by atoms with Crippen LogP contribution in [0, 0.1) is 0 Å². The van der Waals surface area contributed by atoms with E-state index < -0.39 is 11.7 Å². The van der Waals surface area contributed by atoms with Gasteiger partial charge in [-0.1, -0.05) is 0 Å². The first-order chi connectivity index (χ1) is 8.38. The fourth-order valence-electron chi connectivity index (χ4n) is 1.42. The van der Waals surface area contributed by atoms with Crippen LogP contribution >= 0.6 is 0 Å². The molecule has 0 aliphatic heterocycles. The monoisotopic (exact) mass is 255 g/mol. The number of halogens is 3. The van der Waals surface area contributed by atoms with E-state index in [0.717, 1.165) is 12.3 Å². The molecule has 0 fully saturated rings. The first-order valence-electron chi connectivity index (χ1n) is 4.93. The molecule has 6 heteroatoms. The topological polar surface area (TPSA) is 53.4 Å². The number of phenolic OH excluding ortho intramolecular Hbond substituents is 2. The predicted molar refractivity (Wildman–Crippen MR) is 58.0 cm³/mol. The van der Waals surface area contributed by atoms with Crippen molar-refractivity contribution >= 4 is 0 Å². The molecule has 1 heterocycles. The molecule has 1 aromatic heterocycles. The lowest BCUT2D eigenvalue weighted by molar-refractivity contribution is -0.137. The highest BCUT2D eigenvalue weighted by atomic mass is 19.4. The van der Waals surface area contributed by atoms with Crippen molar-refractivity contribution < 1.29 is 23.4 Å². The van der Waals surface area contributed by atoms with Gasteiger partial charge in [-0.15, -0.1) is 0 Å². The highest BCUT2D eigenvalue weighted by Crippen LogP contribution is 2.32. The summed E-state index contributed by atoms with van der Waals surface area (Å²) < 4.78 is 37.0. The Morgan fingerprint density at radius 3 is 2.17 bits per heavy atom. The number of hydrogen-bond acceptors (Lipinski definition) is 3. The molecule has 0 unspecified atom stereocenters. The van der Waals surface area contributed by atoms with E-state index in [1.54, 1.807) is 0 Å². The minimum Gasteiger partial charge on any atom is -0.504 e. The average molecular weight is 255 g/mol. The van der Waals surface area contributed by atoms with Crippen molar-refractivity contribution in [2.75, 3.05) is 0 Å². The summed E-state index contributed by atoms with van der Waals surface area (Å²) in [6.07, 6.45) is -3.71. The minimum absolute atomic E-state index is 0.276. The van der Waals surface area contributed by atoms with Gasteiger partial charge in [-0.05, 0) is 30.3 Å². The van der Waals surface area contributed by atoms with E-state index in [4.69, 9.17) is 5.11 Å². The van der Waals surface area contributed by atoms with Crippen LogP contribution in [0.4, 0.5) is 13.2 Å². The van der Waals surface area contributed by atoms with Crippen LogP contribution in [0.15, 0.2) is 36.5 Å². The number of rotatable bonds is 1. The number of pyridine rings is 1. The lowest BCUT2D eigenvalue weighted by Crippen LogP contribution is -2.05. The number of aromatic hydroxyl groups is 2. The smallest absolute Gasteiger partial charge is 0.417 e. The molecule has 2 N–H and O–H groups in total. The summed E-state index contributed by atoms with van der Waals surface area (Å²) in [7, 11) is 0. The van der Waals surface area contributed by atoms with Crippen LogP contribution in [0.3, 0.4) is 0 Å². The molecule has 0 aliphatic rings. The van der Waals surface area contributed by atoms with Gasteiger partial charge in [0.15, 0.2) is 11.5 Å². The zero-order valence-electron chi connectivity index (χ0n) is 8.94. The second-order valence-electron chi connectivity index (χ2n) is 3.63. The predicted octanol–water partition coefficient (Wildman–Crippen LogP) is 3.18. The van der Waals surface area contributed by atoms with Gasteiger partial charge in [0.25, 0.3) is 0 Å². The summed E-state index contributed by atoms with van der Waals surface area (Å²) >= 11 is 0. The summed E-state index contributed by atoms with van der Waals surface area (Å²) in [5, 5.41) is 18.4. The Balaban J connectivity index is 2.37. The molecule has 0 saturated heterocycles. The second kappa shape index (κ2) is 4.21. The normalized spacial score (nSPS) is 11.5. The molecule has 0 amide bonds. The Labute approximate surface area is 100 Å². The summed E-state index contributed by atoms with van der Waals surface area (Å²) in [6.45, 7) is 0. The van der Waals surface area contributed by atoms with E-state index in [1.165, 1.54) is 24.3 Å². The largest absolute Gasteiger partial charge is 0.504 e. The fraction of sp³-hybridized carbons (Fsp3) is 0.0833. The average Bonchev–Trinajstić information content (AvgIpc) is 2.32. The summed E-state index contributed by atoms with van der Waals surface area (Å²) in [6, 6.07) is 6.03. The third kappa shape index (κ3) is 2.37. The first-order valence-corrected chi connectivity index (χ1v) is 4.93. The third-order valence-corrected chi connectivity index (χ3v) is 2.36. The van der Waals surface area contributed by atoms with Crippen LogP contribution in [0.1, 0.15) is 5.56 Å². The van der Waals surface area contributed by atoms with E-state index in [2.05, 4.69) is 4.98 Å². The van der Waals surface area contributed by atoms with Gasteiger partial charge < -0.3 is 10.2 Å². The third-order valence-electron chi connectivity index (χ3n) is 2.36. The van der Waals surface area contributed by atoms with Crippen LogP contribution < -0.4 is 0 Å². The number of phenols is 2. The summed E-state index contributed by atoms with van der Waals surface area (Å²) in [4.78, 5) is 3.67. The highest BCUT2D eigenvalue weighted by Gasteiger charge is 2.30. The van der Waals surface area contributed by atoms with Gasteiger partial charge in [-0.2, -0.15) is 13.2 Å². The Hall–Kier alpha value is -2.24. The molecule has 3 nitrogen and oxygen atoms in total. The molecule has 0 radical (unpaired) electrons. The van der Waals surface area contributed by atoms with Gasteiger partial charge in [0, 0.05) is 11.8 Å². The van der Waals surface area contributed by atoms with Crippen LogP contribution in [0.5, 0.6) is 11.5 Å². The summed E-state index contributed by atoms with van der Waals surface area (Å²) in [5.41, 5.74) is -0.147. The number of alkyl halides is 3. The highest BCUT2D eigenvalue weighted by molar-refractivity contribution is 5.63. The maximum absolute atomic E-state index is 12.3. The van der Waals surface area contributed by atoms with Gasteiger partial charge in [0.1, 0.15) is 0 Å². The van der Waals surface area contributed by atoms with E-state index in [-0.39, 0.29) is 17.2 Å². The minimum atomic E-state index is -4.43. The molecule has 2 rings (SSSR count). The van der Waals surface area contributed by atoms with E-state index in [9.17, 15) is 18.3 Å². The van der Waals surface area contributed by atoms with Crippen molar-refractivity contribution in [2.24, 2.45) is 0 Å². The quantitative estimate of drug-likeness (QED) is 0.769. The van der Waals surface area contributed by atoms with E-state index >= 15 is 0 Å². The Kier molecular flexibility index (Phi) is 2.86. The zero-order valence-corrected chi connectivity index (χ0v) is 8.94. The van der Waals surface area contributed by atoms with E-state index in [0.29, 0.717) is 5.56 Å². The van der Waals surface area contributed by atoms with E-state index in [1.807, 2.05) is 0 Å². The van der Waals surface area contributed by atoms with Crippen LogP contribution in [0.2, 0.25) is 0 Å². The SMILES string of the molecule is Oc1ccc(-c2ccc(C(F)(F)F)cn2)cc1O. The van der Waals surface area contributed by atoms with Crippen molar-refractivity contribution in [3.63, 3.8) is 0 Å². The zero-order chi connectivity index (χ0) is 13.3. The lowest BCUT2D eigenvalue weighted by Gasteiger charge is -2.07. The number of hydrogen-bond donors (Lipinski definition) is 2. The second-order valence-corrected chi connectivity index (χ2v) is 3.63. The van der Waals surface area contributed by atoms with Gasteiger partial charge >= 0.3 is 6.18 Å². The molecule has 0 aliphatic carbocycles. The van der Waals surface area contributed by atoms with Crippen molar-refractivity contribution in [3.05, 3.63) is 42.1 Å². The first kappa shape index (κ1) is 12.2. The fourth-order valence-corrected chi connectivity index (χ4v) is 1.42. The van der Waals surface area contributed by atoms with Gasteiger partial charge in [0.05, 0.1) is 11.3 Å². The van der Waals surface area contributed by atoms with Gasteiger partial charge in [-0.25, -0.2) is 0 Å². The molecule has 2 aromatic rings. The number of nitrogens with zero attached hydrogens (tertiary/aromatic N) is 1. The van der Waals surface area contributed by atoms with Crippen molar-refractivity contribution in [3.8, 4) is 22.8 Å². The molecule has 0 saturated carbocycles. The molecule has 0 spiro atoms. The van der Waals surface area contributed by atoms with Crippen molar-refractivity contribution in [1.82, 2.24) is 4.98 Å². The van der Waals surface area contributed by atoms with Crippen molar-refractivity contribution in [1.29, 1.82) is 0 Å². The van der Waals surface area contributed by atoms with Crippen LogP contribution in [-0.2, 0) is 6.18 Å². The number of benzene rings is 1. The Morgan fingerprint density at radius 1 is 0.944 bits per heavy atom. The summed E-state index contributed by atoms with van der Waals surface area (Å²) in [5.74, 6) is -0.653. The standard InChI is InChI=1S/C12H8F3NO2/c13-12(14,15)8-2-3-9(16-6-8)7-1-4-10(17)11(18)5-7/h1-6,17-18H. The van der Waals surface area contributed by atoms with Crippen LogP contribution in [0.25, 0.3) is 11.3 Å². The molecule has 0 bridgehead atoms. The molecule has 94 valence electrons. The maximum atomic E-state index is 12.3. The van der Waals surface area contributed by atoms with Gasteiger partial charge in [-0.3, -0.25) is 4.98 Å². The molecular formula is C12H8F3NO2. The van der Waals surface area contributed by atoms with Crippen LogP contribution in [-0.4, -0.2) is 15.2 Å². The van der Waals surface area contributed by atoms with Crippen molar-refractivity contribution in [2.45, 2.75) is 6.18 Å². The number of aromatic nitrogens is 1. The van der Waals surface area contributed by atoms with Gasteiger partial charge in [0.2, 0.25) is 0 Å². The lowest BCUT2D eigenvalue weighted by atomic mass is 10.1. The molecule has 0 atom stereocenters. The molecule has 1 aromatic carbocycles. The molecule has 18 heavy (non-hydrogen) atoms. The Morgan fingerprint density at radius 2 is 1.67 bits per heavy atom. The maximum Gasteiger partial charge on any atom is 0.417 e.